The summed E-state index contributed by atoms with van der Waals surface area (Å²) in [4.78, 5) is 45.2. The van der Waals surface area contributed by atoms with Gasteiger partial charge >= 0.3 is 5.97 Å². The molecule has 6 rings (SSSR count). The molecule has 0 unspecified atom stereocenters. The van der Waals surface area contributed by atoms with Gasteiger partial charge in [-0.25, -0.2) is 4.79 Å². The summed E-state index contributed by atoms with van der Waals surface area (Å²) >= 11 is 0. The Balaban J connectivity index is 1.14. The molecule has 4 aromatic rings. The third kappa shape index (κ3) is 7.43. The lowest BCUT2D eigenvalue weighted by atomic mass is 9.99. The highest BCUT2D eigenvalue weighted by atomic mass is 16.5. The van der Waals surface area contributed by atoms with Crippen molar-refractivity contribution < 1.29 is 19.1 Å². The summed E-state index contributed by atoms with van der Waals surface area (Å²) in [5, 5.41) is 6.37. The fourth-order valence-corrected chi connectivity index (χ4v) is 5.95. The van der Waals surface area contributed by atoms with E-state index in [0.717, 1.165) is 49.7 Å². The van der Waals surface area contributed by atoms with Crippen LogP contribution in [0, 0.1) is 0 Å². The van der Waals surface area contributed by atoms with Crippen molar-refractivity contribution in [2.45, 2.75) is 13.5 Å². The number of carbonyl (C=O) groups is 3. The highest BCUT2D eigenvalue weighted by Crippen LogP contribution is 2.38. The SMILES string of the molecule is CCOC(=O)c1ccc2c(c1)NC(=O)C2=C(Nc1ccc(N(C)C(=O)CN2CCN(Cc3ccccc3)CC2)cc1)c1ccccc1. The number of carbonyl (C=O) groups excluding carboxylic acids is 3. The number of hydrogen-bond donors (Lipinski definition) is 2. The molecule has 2 amide bonds. The molecule has 0 saturated carbocycles. The lowest BCUT2D eigenvalue weighted by molar-refractivity contribution is -0.120. The van der Waals surface area contributed by atoms with Gasteiger partial charge in [-0.1, -0.05) is 66.7 Å². The molecule has 0 radical (unpaired) electrons. The number of ether oxygens (including phenoxy) is 1. The number of rotatable bonds is 10. The maximum absolute atomic E-state index is 13.3. The van der Waals surface area contributed by atoms with Crippen molar-refractivity contribution in [2.24, 2.45) is 0 Å². The summed E-state index contributed by atoms with van der Waals surface area (Å²) in [6, 6.07) is 32.8. The van der Waals surface area contributed by atoms with Crippen LogP contribution in [0.4, 0.5) is 17.1 Å². The minimum Gasteiger partial charge on any atom is -0.462 e. The van der Waals surface area contributed by atoms with Crippen molar-refractivity contribution in [1.82, 2.24) is 9.80 Å². The summed E-state index contributed by atoms with van der Waals surface area (Å²) < 4.78 is 5.13. The van der Waals surface area contributed by atoms with Crippen LogP contribution in [0.15, 0.2) is 103 Å². The number of amides is 2. The fraction of sp³-hybridized carbons (Fsp3) is 0.237. The molecule has 2 aliphatic heterocycles. The van der Waals surface area contributed by atoms with E-state index < -0.39 is 5.97 Å². The Morgan fingerprint density at radius 1 is 0.830 bits per heavy atom. The Hall–Kier alpha value is -5.25. The number of fused-ring (bicyclic) bond motifs is 1. The monoisotopic (exact) mass is 629 g/mol. The van der Waals surface area contributed by atoms with Crippen molar-refractivity contribution >= 4 is 46.1 Å². The van der Waals surface area contributed by atoms with Crippen LogP contribution in [0.1, 0.15) is 34.0 Å². The summed E-state index contributed by atoms with van der Waals surface area (Å²) in [6.07, 6.45) is 0. The van der Waals surface area contributed by atoms with Crippen molar-refractivity contribution in [3.05, 3.63) is 125 Å². The van der Waals surface area contributed by atoms with Gasteiger partial charge in [0.1, 0.15) is 0 Å². The van der Waals surface area contributed by atoms with Crippen molar-refractivity contribution in [3.8, 4) is 0 Å². The molecule has 0 atom stereocenters. The third-order valence-electron chi connectivity index (χ3n) is 8.56. The first-order valence-electron chi connectivity index (χ1n) is 15.9. The van der Waals surface area contributed by atoms with Gasteiger partial charge in [0.15, 0.2) is 0 Å². The topological polar surface area (TPSA) is 94.2 Å². The largest absolute Gasteiger partial charge is 0.462 e. The molecule has 1 saturated heterocycles. The van der Waals surface area contributed by atoms with Crippen LogP contribution in [-0.4, -0.2) is 74.0 Å². The first-order valence-corrected chi connectivity index (χ1v) is 15.9. The van der Waals surface area contributed by atoms with Gasteiger partial charge in [0.25, 0.3) is 5.91 Å². The highest BCUT2D eigenvalue weighted by Gasteiger charge is 2.29. The summed E-state index contributed by atoms with van der Waals surface area (Å²) in [5.74, 6) is -0.667. The second-order valence-corrected chi connectivity index (χ2v) is 11.7. The zero-order chi connectivity index (χ0) is 32.8. The zero-order valence-corrected chi connectivity index (χ0v) is 26.7. The average molecular weight is 630 g/mol. The van der Waals surface area contributed by atoms with Crippen LogP contribution < -0.4 is 15.5 Å². The van der Waals surface area contributed by atoms with E-state index in [-0.39, 0.29) is 18.4 Å². The molecular formula is C38H39N5O4. The molecule has 4 aromatic carbocycles. The van der Waals surface area contributed by atoms with Gasteiger partial charge in [0.05, 0.1) is 35.7 Å². The number of esters is 1. The van der Waals surface area contributed by atoms with Crippen LogP contribution in [0.3, 0.4) is 0 Å². The Kier molecular flexibility index (Phi) is 9.75. The maximum Gasteiger partial charge on any atom is 0.338 e. The quantitative estimate of drug-likeness (QED) is 0.175. The van der Waals surface area contributed by atoms with Crippen LogP contribution in [0.25, 0.3) is 11.3 Å². The molecule has 0 bridgehead atoms. The molecule has 0 aliphatic carbocycles. The number of piperazine rings is 1. The van der Waals surface area contributed by atoms with Crippen LogP contribution >= 0.6 is 0 Å². The summed E-state index contributed by atoms with van der Waals surface area (Å²) in [5.41, 5.74) is 6.42. The number of benzene rings is 4. The van der Waals surface area contributed by atoms with Gasteiger partial charge in [-0.3, -0.25) is 19.4 Å². The Morgan fingerprint density at radius 3 is 2.17 bits per heavy atom. The van der Waals surface area contributed by atoms with Crippen LogP contribution in [0.2, 0.25) is 0 Å². The van der Waals surface area contributed by atoms with Gasteiger partial charge in [0, 0.05) is 56.7 Å². The Bertz CT molecular complexity index is 1770. The van der Waals surface area contributed by atoms with E-state index in [1.54, 1.807) is 37.1 Å². The van der Waals surface area contributed by atoms with E-state index >= 15 is 0 Å². The van der Waals surface area contributed by atoms with Gasteiger partial charge in [-0.05, 0) is 54.4 Å². The van der Waals surface area contributed by atoms with Crippen LogP contribution in [-0.2, 0) is 20.9 Å². The smallest absolute Gasteiger partial charge is 0.338 e. The number of anilines is 3. The predicted octanol–water partition coefficient (Wildman–Crippen LogP) is 5.58. The molecule has 9 heteroatoms. The first-order chi connectivity index (χ1) is 22.9. The van der Waals surface area contributed by atoms with E-state index in [0.29, 0.717) is 34.6 Å². The number of nitrogens with zero attached hydrogens (tertiary/aromatic N) is 3. The summed E-state index contributed by atoms with van der Waals surface area (Å²) in [6.45, 7) is 6.89. The predicted molar refractivity (Wildman–Crippen MR) is 186 cm³/mol. The lowest BCUT2D eigenvalue weighted by Gasteiger charge is -2.35. The molecule has 0 aromatic heterocycles. The van der Waals surface area contributed by atoms with E-state index in [9.17, 15) is 14.4 Å². The number of nitrogens with one attached hydrogen (secondary N) is 2. The van der Waals surface area contributed by atoms with Crippen molar-refractivity contribution in [2.75, 3.05) is 61.9 Å². The summed E-state index contributed by atoms with van der Waals surface area (Å²) in [7, 11) is 1.80. The molecule has 9 nitrogen and oxygen atoms in total. The normalized spacial score (nSPS) is 15.8. The van der Waals surface area contributed by atoms with Crippen molar-refractivity contribution in [1.29, 1.82) is 0 Å². The standard InChI is InChI=1S/C38H39N5O4/c1-3-47-38(46)29-14-19-32-33(24-29)40-37(45)35(32)36(28-12-8-5-9-13-28)39-30-15-17-31(18-16-30)41(2)34(44)26-43-22-20-42(21-23-43)25-27-10-6-4-7-11-27/h4-19,24,39H,3,20-23,25-26H2,1-2H3,(H,40,45). The molecule has 2 aliphatic rings. The van der Waals surface area contributed by atoms with E-state index in [1.165, 1.54) is 5.56 Å². The number of hydrogen-bond acceptors (Lipinski definition) is 7. The maximum atomic E-state index is 13.3. The Morgan fingerprint density at radius 2 is 1.49 bits per heavy atom. The number of likely N-dealkylation sites (N-methyl/N-ethyl adjacent to an activating group) is 1. The Labute approximate surface area is 275 Å². The average Bonchev–Trinajstić information content (AvgIpc) is 3.43. The van der Waals surface area contributed by atoms with E-state index in [1.807, 2.05) is 60.7 Å². The fourth-order valence-electron chi connectivity index (χ4n) is 5.95. The van der Waals surface area contributed by atoms with Gasteiger partial charge in [-0.2, -0.15) is 0 Å². The minimum absolute atomic E-state index is 0.0377. The third-order valence-corrected chi connectivity index (χ3v) is 8.56. The first kappa shape index (κ1) is 31.7. The van der Waals surface area contributed by atoms with E-state index in [2.05, 4.69) is 44.7 Å². The van der Waals surface area contributed by atoms with Gasteiger partial charge in [0.2, 0.25) is 5.91 Å². The second-order valence-electron chi connectivity index (χ2n) is 11.7. The highest BCUT2D eigenvalue weighted by molar-refractivity contribution is 6.37. The molecule has 1 fully saturated rings. The van der Waals surface area contributed by atoms with Crippen molar-refractivity contribution in [3.63, 3.8) is 0 Å². The lowest BCUT2D eigenvalue weighted by Crippen LogP contribution is -2.49. The molecular weight excluding hydrogens is 590 g/mol. The second kappa shape index (κ2) is 14.5. The molecule has 2 N–H and O–H groups in total. The molecule has 240 valence electrons. The van der Waals surface area contributed by atoms with Gasteiger partial charge in [-0.15, -0.1) is 0 Å². The zero-order valence-electron chi connectivity index (χ0n) is 26.7. The van der Waals surface area contributed by atoms with E-state index in [4.69, 9.17) is 4.74 Å². The molecule has 47 heavy (non-hydrogen) atoms. The van der Waals surface area contributed by atoms with Gasteiger partial charge < -0.3 is 20.3 Å². The van der Waals surface area contributed by atoms with Crippen LogP contribution in [0.5, 0.6) is 0 Å². The minimum atomic E-state index is -0.437. The molecule has 2 heterocycles. The molecule has 0 spiro atoms.